The Morgan fingerprint density at radius 1 is 1.08 bits per heavy atom. The van der Waals surface area contributed by atoms with Crippen LogP contribution >= 0.6 is 0 Å². The average molecular weight is 344 g/mol. The van der Waals surface area contributed by atoms with E-state index >= 15 is 0 Å². The van der Waals surface area contributed by atoms with E-state index in [2.05, 4.69) is 33.9 Å². The highest BCUT2D eigenvalue weighted by Crippen LogP contribution is 2.25. The Balaban J connectivity index is 1.43. The van der Waals surface area contributed by atoms with Gasteiger partial charge in [-0.1, -0.05) is 24.3 Å². The summed E-state index contributed by atoms with van der Waals surface area (Å²) < 4.78 is 4.61. The van der Waals surface area contributed by atoms with Crippen molar-refractivity contribution in [3.05, 3.63) is 35.4 Å². The van der Waals surface area contributed by atoms with Crippen LogP contribution in [0.15, 0.2) is 24.3 Å². The Bertz CT molecular complexity index is 609. The molecule has 1 saturated heterocycles. The van der Waals surface area contributed by atoms with E-state index in [1.807, 2.05) is 4.90 Å². The fourth-order valence-electron chi connectivity index (χ4n) is 3.97. The highest BCUT2D eigenvalue weighted by atomic mass is 16.5. The molecule has 0 saturated carbocycles. The molecule has 5 heteroatoms. The number of piperazine rings is 1. The number of methoxy groups -OCH3 is 1. The first kappa shape index (κ1) is 17.9. The molecule has 1 aliphatic heterocycles. The molecule has 1 atom stereocenters. The Kier molecular flexibility index (Phi) is 6.08. The van der Waals surface area contributed by atoms with Gasteiger partial charge in [0.05, 0.1) is 7.11 Å². The maximum atomic E-state index is 12.3. The molecule has 1 aromatic carbocycles. The van der Waals surface area contributed by atoms with Gasteiger partial charge in [0.2, 0.25) is 5.91 Å². The molecule has 0 spiro atoms. The molecule has 0 aromatic heterocycles. The van der Waals surface area contributed by atoms with Crippen molar-refractivity contribution in [1.82, 2.24) is 9.80 Å². The van der Waals surface area contributed by atoms with Gasteiger partial charge in [-0.2, -0.15) is 0 Å². The predicted octanol–water partition coefficient (Wildman–Crippen LogP) is 2.03. The zero-order valence-corrected chi connectivity index (χ0v) is 15.1. The molecule has 1 aromatic rings. The second kappa shape index (κ2) is 8.48. The van der Waals surface area contributed by atoms with Gasteiger partial charge in [-0.25, -0.2) is 0 Å². The lowest BCUT2D eigenvalue weighted by Gasteiger charge is -2.41. The van der Waals surface area contributed by atoms with E-state index in [1.165, 1.54) is 24.7 Å². The number of carbonyl (C=O) groups excluding carboxylic acids is 2. The van der Waals surface area contributed by atoms with Crippen molar-refractivity contribution in [2.45, 2.75) is 44.6 Å². The largest absolute Gasteiger partial charge is 0.469 e. The number of hydrogen-bond acceptors (Lipinski definition) is 4. The molecule has 1 heterocycles. The van der Waals surface area contributed by atoms with Crippen molar-refractivity contribution >= 4 is 11.9 Å². The van der Waals surface area contributed by atoms with E-state index in [9.17, 15) is 9.59 Å². The van der Waals surface area contributed by atoms with Crippen LogP contribution in [0.1, 0.15) is 36.8 Å². The van der Waals surface area contributed by atoms with Crippen molar-refractivity contribution < 1.29 is 14.3 Å². The summed E-state index contributed by atoms with van der Waals surface area (Å²) in [5.41, 5.74) is 2.98. The zero-order valence-electron chi connectivity index (χ0n) is 15.1. The number of nitrogens with zero attached hydrogens (tertiary/aromatic N) is 2. The van der Waals surface area contributed by atoms with Gasteiger partial charge in [0, 0.05) is 45.1 Å². The molecule has 2 aliphatic rings. The van der Waals surface area contributed by atoms with Crippen LogP contribution in [0.25, 0.3) is 0 Å². The third-order valence-corrected chi connectivity index (χ3v) is 5.50. The summed E-state index contributed by atoms with van der Waals surface area (Å²) in [5, 5.41) is 0. The number of rotatable bonds is 5. The smallest absolute Gasteiger partial charge is 0.305 e. The predicted molar refractivity (Wildman–Crippen MR) is 96.3 cm³/mol. The first-order valence-corrected chi connectivity index (χ1v) is 9.33. The maximum Gasteiger partial charge on any atom is 0.305 e. The Hall–Kier alpha value is -1.88. The summed E-state index contributed by atoms with van der Waals surface area (Å²) in [4.78, 5) is 27.9. The lowest BCUT2D eigenvalue weighted by atomic mass is 9.87. The van der Waals surface area contributed by atoms with Gasteiger partial charge in [-0.3, -0.25) is 14.5 Å². The maximum absolute atomic E-state index is 12.3. The molecule has 1 aliphatic carbocycles. The Morgan fingerprint density at radius 2 is 1.80 bits per heavy atom. The monoisotopic (exact) mass is 344 g/mol. The summed E-state index contributed by atoms with van der Waals surface area (Å²) in [6.07, 6.45) is 4.83. The molecule has 5 nitrogen and oxygen atoms in total. The van der Waals surface area contributed by atoms with E-state index in [4.69, 9.17) is 0 Å². The van der Waals surface area contributed by atoms with Crippen LogP contribution in [0.4, 0.5) is 0 Å². The van der Waals surface area contributed by atoms with Gasteiger partial charge in [0.15, 0.2) is 0 Å². The van der Waals surface area contributed by atoms with Crippen LogP contribution < -0.4 is 0 Å². The molecular weight excluding hydrogens is 316 g/mol. The van der Waals surface area contributed by atoms with Gasteiger partial charge in [-0.15, -0.1) is 0 Å². The summed E-state index contributed by atoms with van der Waals surface area (Å²) in [6.45, 7) is 3.51. The molecule has 136 valence electrons. The van der Waals surface area contributed by atoms with Crippen LogP contribution in [0.3, 0.4) is 0 Å². The third kappa shape index (κ3) is 4.60. The highest BCUT2D eigenvalue weighted by molar-refractivity contribution is 5.77. The van der Waals surface area contributed by atoms with E-state index in [-0.39, 0.29) is 11.9 Å². The second-order valence-electron chi connectivity index (χ2n) is 7.01. The van der Waals surface area contributed by atoms with Gasteiger partial charge in [0.1, 0.15) is 0 Å². The van der Waals surface area contributed by atoms with Gasteiger partial charge >= 0.3 is 5.97 Å². The number of aryl methyl sites for hydroxylation is 1. The zero-order chi connectivity index (χ0) is 17.6. The molecule has 1 amide bonds. The van der Waals surface area contributed by atoms with Crippen molar-refractivity contribution in [1.29, 1.82) is 0 Å². The van der Waals surface area contributed by atoms with Crippen LogP contribution in [-0.4, -0.2) is 61.0 Å². The first-order valence-electron chi connectivity index (χ1n) is 9.33. The van der Waals surface area contributed by atoms with Gasteiger partial charge < -0.3 is 9.64 Å². The minimum atomic E-state index is -0.241. The number of fused-ring (bicyclic) bond motifs is 1. The number of hydrogen-bond donors (Lipinski definition) is 0. The fraction of sp³-hybridized carbons (Fsp3) is 0.600. The average Bonchev–Trinajstić information content (AvgIpc) is 2.67. The minimum Gasteiger partial charge on any atom is -0.469 e. The molecule has 0 bridgehead atoms. The standard InChI is InChI=1S/C20H28N2O3/c1-25-20(24)8-4-7-19(23)22-13-11-21(12-14-22)18-10-9-16-5-2-3-6-17(16)15-18/h2-3,5-6,18H,4,7-15H2,1H3/t18-/m1/s1. The van der Waals surface area contributed by atoms with E-state index < -0.39 is 0 Å². The lowest BCUT2D eigenvalue weighted by molar-refractivity contribution is -0.141. The number of esters is 1. The summed E-state index contributed by atoms with van der Waals surface area (Å²) in [6, 6.07) is 9.36. The van der Waals surface area contributed by atoms with Crippen LogP contribution in [-0.2, 0) is 27.2 Å². The molecule has 25 heavy (non-hydrogen) atoms. The number of benzene rings is 1. The van der Waals surface area contributed by atoms with E-state index in [1.54, 1.807) is 0 Å². The Morgan fingerprint density at radius 3 is 2.52 bits per heavy atom. The van der Waals surface area contributed by atoms with Crippen molar-refractivity contribution in [2.75, 3.05) is 33.3 Å². The highest BCUT2D eigenvalue weighted by Gasteiger charge is 2.28. The topological polar surface area (TPSA) is 49.9 Å². The third-order valence-electron chi connectivity index (χ3n) is 5.50. The second-order valence-corrected chi connectivity index (χ2v) is 7.01. The van der Waals surface area contributed by atoms with Crippen LogP contribution in [0, 0.1) is 0 Å². The number of ether oxygens (including phenoxy) is 1. The number of amides is 1. The quantitative estimate of drug-likeness (QED) is 0.767. The Labute approximate surface area is 149 Å². The molecule has 1 fully saturated rings. The van der Waals surface area contributed by atoms with Crippen LogP contribution in [0.2, 0.25) is 0 Å². The van der Waals surface area contributed by atoms with E-state index in [0.717, 1.165) is 39.0 Å². The van der Waals surface area contributed by atoms with Crippen molar-refractivity contribution in [2.24, 2.45) is 0 Å². The minimum absolute atomic E-state index is 0.164. The van der Waals surface area contributed by atoms with Crippen molar-refractivity contribution in [3.8, 4) is 0 Å². The van der Waals surface area contributed by atoms with Crippen molar-refractivity contribution in [3.63, 3.8) is 0 Å². The van der Waals surface area contributed by atoms with Gasteiger partial charge in [0.25, 0.3) is 0 Å². The molecule has 0 unspecified atom stereocenters. The molecule has 0 radical (unpaired) electrons. The van der Waals surface area contributed by atoms with Gasteiger partial charge in [-0.05, 0) is 36.8 Å². The summed E-state index contributed by atoms with van der Waals surface area (Å²) >= 11 is 0. The fourth-order valence-corrected chi connectivity index (χ4v) is 3.97. The van der Waals surface area contributed by atoms with Crippen LogP contribution in [0.5, 0.6) is 0 Å². The first-order chi connectivity index (χ1) is 12.2. The molecular formula is C20H28N2O3. The summed E-state index contributed by atoms with van der Waals surface area (Å²) in [5.74, 6) is -0.0762. The lowest BCUT2D eigenvalue weighted by Crippen LogP contribution is -2.53. The number of carbonyl (C=O) groups is 2. The summed E-state index contributed by atoms with van der Waals surface area (Å²) in [7, 11) is 1.38. The van der Waals surface area contributed by atoms with E-state index in [0.29, 0.717) is 25.3 Å². The molecule has 3 rings (SSSR count). The SMILES string of the molecule is COC(=O)CCCC(=O)N1CCN([C@@H]2CCc3ccccc3C2)CC1. The molecule has 0 N–H and O–H groups in total. The normalized spacial score (nSPS) is 20.8.